The van der Waals surface area contributed by atoms with E-state index in [1.165, 1.54) is 132 Å². The molecule has 290 valence electrons. The molecule has 0 radical (unpaired) electrons. The van der Waals surface area contributed by atoms with Crippen LogP contribution in [0.5, 0.6) is 0 Å². The SMILES string of the molecule is Bc1c(B)c(B)c2c(c1B)c1c(B)c(-c3ccc4c(c3)c3cccc(-c5ccccc5)c3n4-c3ccccc3)c(B)c(B)c1n2-c1ccc(-c2ccccc2)cc1-c1ccccc1. The molecule has 0 N–H and O–H groups in total. The van der Waals surface area contributed by atoms with E-state index in [0.717, 1.165) is 5.69 Å². The lowest BCUT2D eigenvalue weighted by Crippen LogP contribution is -2.48. The number of hydrogen-bond acceptors (Lipinski definition) is 0. The smallest absolute Gasteiger partial charge is 0.141 e. The molecule has 0 fully saturated rings. The summed E-state index contributed by atoms with van der Waals surface area (Å²) in [6, 6.07) is 64.4. The Bertz CT molecular complexity index is 3620. The van der Waals surface area contributed by atoms with E-state index in [2.05, 4.69) is 240 Å². The Morgan fingerprint density at radius 3 is 1.49 bits per heavy atom. The third-order valence-corrected chi connectivity index (χ3v) is 14.2. The molecule has 0 spiro atoms. The summed E-state index contributed by atoms with van der Waals surface area (Å²) in [4.78, 5) is 0. The highest BCUT2D eigenvalue weighted by Crippen LogP contribution is 2.41. The lowest BCUT2D eigenvalue weighted by Gasteiger charge is -2.21. The van der Waals surface area contributed by atoms with Crippen LogP contribution in [0.15, 0.2) is 176 Å². The molecule has 0 unspecified atom stereocenters. The standard InChI is InChI=1S/C54H43B7N2/c55-45-42(34-25-27-41-39(29-34)37-23-13-22-36(31-16-7-2-8-17-31)52(37)62(41)35-20-11-4-12-21-35)46(56)50(60)53-43(45)44-47(57)48(58)49(59)51(61)54(44)63(53)40-26-24-33(30-14-5-1-6-15-30)28-38(40)32-18-9-3-10-19-32/h1-29H,55-61H2. The third kappa shape index (κ3) is 5.97. The Labute approximate surface area is 375 Å². The maximum Gasteiger partial charge on any atom is 0.141 e. The van der Waals surface area contributed by atoms with Crippen LogP contribution in [-0.4, -0.2) is 64.1 Å². The first-order valence-corrected chi connectivity index (χ1v) is 22.2. The third-order valence-electron chi connectivity index (χ3n) is 14.2. The van der Waals surface area contributed by atoms with Gasteiger partial charge in [0.15, 0.2) is 0 Å². The molecule has 0 aliphatic carbocycles. The molecule has 2 nitrogen and oxygen atoms in total. The molecule has 0 saturated carbocycles. The fraction of sp³-hybridized carbons (Fsp3) is 0. The van der Waals surface area contributed by atoms with Gasteiger partial charge in [0.05, 0.1) is 16.7 Å². The summed E-state index contributed by atoms with van der Waals surface area (Å²) in [6.07, 6.45) is 0. The van der Waals surface area contributed by atoms with E-state index in [9.17, 15) is 0 Å². The van der Waals surface area contributed by atoms with Gasteiger partial charge < -0.3 is 9.13 Å². The maximum atomic E-state index is 2.62. The normalized spacial score (nSPS) is 11.6. The molecule has 11 rings (SSSR count). The molecule has 0 amide bonds. The Morgan fingerprint density at radius 1 is 0.302 bits per heavy atom. The minimum atomic E-state index is 1.16. The molecule has 0 aliphatic rings. The predicted octanol–water partition coefficient (Wildman–Crippen LogP) is 2.36. The van der Waals surface area contributed by atoms with Gasteiger partial charge in [-0.3, -0.25) is 0 Å². The number of hydrogen-bond donors (Lipinski definition) is 0. The van der Waals surface area contributed by atoms with Crippen molar-refractivity contribution in [2.24, 2.45) is 0 Å². The molecular weight excluding hydrogens is 752 g/mol. The van der Waals surface area contributed by atoms with Crippen LogP contribution in [0.4, 0.5) is 0 Å². The lowest BCUT2D eigenvalue weighted by atomic mass is 9.64. The Kier molecular flexibility index (Phi) is 9.35. The lowest BCUT2D eigenvalue weighted by molar-refractivity contribution is 1.18. The van der Waals surface area contributed by atoms with Crippen molar-refractivity contribution in [3.05, 3.63) is 176 Å². The molecule has 0 saturated heterocycles. The predicted molar refractivity (Wildman–Crippen MR) is 294 cm³/mol. The zero-order valence-corrected chi connectivity index (χ0v) is 37.1. The van der Waals surface area contributed by atoms with Gasteiger partial charge in [0, 0.05) is 44.0 Å². The minimum absolute atomic E-state index is 1.16. The van der Waals surface area contributed by atoms with Crippen molar-refractivity contribution in [3.63, 3.8) is 0 Å². The van der Waals surface area contributed by atoms with Gasteiger partial charge in [-0.25, -0.2) is 0 Å². The number of benzene rings is 9. The summed E-state index contributed by atoms with van der Waals surface area (Å²) in [6.45, 7) is 0. The number of fused-ring (bicyclic) bond motifs is 6. The van der Waals surface area contributed by atoms with E-state index in [-0.39, 0.29) is 0 Å². The zero-order chi connectivity index (χ0) is 43.1. The second-order valence-electron chi connectivity index (χ2n) is 17.5. The van der Waals surface area contributed by atoms with E-state index in [1.54, 1.807) is 0 Å². The monoisotopic (exact) mass is 796 g/mol. The number of aromatic nitrogens is 2. The topological polar surface area (TPSA) is 9.86 Å². The molecule has 11 aromatic rings. The van der Waals surface area contributed by atoms with E-state index < -0.39 is 0 Å². The van der Waals surface area contributed by atoms with Crippen LogP contribution >= 0.6 is 0 Å². The van der Waals surface area contributed by atoms with Gasteiger partial charge in [0.2, 0.25) is 0 Å². The van der Waals surface area contributed by atoms with Crippen LogP contribution in [-0.2, 0) is 0 Å². The zero-order valence-electron chi connectivity index (χ0n) is 37.1. The molecule has 9 aromatic carbocycles. The highest BCUT2D eigenvalue weighted by atomic mass is 15.0. The fourth-order valence-corrected chi connectivity index (χ4v) is 10.7. The number of rotatable bonds is 6. The first-order valence-electron chi connectivity index (χ1n) is 22.2. The van der Waals surface area contributed by atoms with Crippen molar-refractivity contribution < 1.29 is 0 Å². The second kappa shape index (κ2) is 15.1. The number of nitrogens with zero attached hydrogens (tertiary/aromatic N) is 2. The second-order valence-corrected chi connectivity index (χ2v) is 17.5. The average Bonchev–Trinajstić information content (AvgIpc) is 3.87. The maximum absolute atomic E-state index is 2.62. The molecular formula is C54H43B7N2. The van der Waals surface area contributed by atoms with Crippen LogP contribution < -0.4 is 38.2 Å². The van der Waals surface area contributed by atoms with Gasteiger partial charge >= 0.3 is 0 Å². The quantitative estimate of drug-likeness (QED) is 0.229. The van der Waals surface area contributed by atoms with Crippen molar-refractivity contribution >= 4 is 137 Å². The summed E-state index contributed by atoms with van der Waals surface area (Å²) < 4.78 is 5.08. The average molecular weight is 796 g/mol. The van der Waals surface area contributed by atoms with Gasteiger partial charge in [-0.2, -0.15) is 0 Å². The van der Waals surface area contributed by atoms with Crippen LogP contribution in [0, 0.1) is 0 Å². The molecule has 2 aromatic heterocycles. The molecule has 0 bridgehead atoms. The van der Waals surface area contributed by atoms with Crippen LogP contribution in [0.25, 0.3) is 99.5 Å². The molecule has 9 heteroatoms. The Hall–Kier alpha value is -6.97. The Balaban J connectivity index is 1.23. The van der Waals surface area contributed by atoms with E-state index >= 15 is 0 Å². The summed E-state index contributed by atoms with van der Waals surface area (Å²) in [7, 11) is 16.4. The summed E-state index contributed by atoms with van der Waals surface area (Å²) in [5, 5.41) is 5.21. The van der Waals surface area contributed by atoms with Gasteiger partial charge in [-0.1, -0.05) is 172 Å². The molecule has 2 heterocycles. The van der Waals surface area contributed by atoms with Gasteiger partial charge in [0.25, 0.3) is 0 Å². The Morgan fingerprint density at radius 2 is 0.841 bits per heavy atom. The van der Waals surface area contributed by atoms with Crippen LogP contribution in [0.1, 0.15) is 0 Å². The first-order chi connectivity index (χ1) is 30.7. The number of para-hydroxylation sites is 2. The van der Waals surface area contributed by atoms with Crippen molar-refractivity contribution in [2.45, 2.75) is 0 Å². The highest BCUT2D eigenvalue weighted by molar-refractivity contribution is 6.69. The largest absolute Gasteiger partial charge is 0.310 e. The summed E-state index contributed by atoms with van der Waals surface area (Å²) >= 11 is 0. The molecule has 63 heavy (non-hydrogen) atoms. The van der Waals surface area contributed by atoms with Crippen LogP contribution in [0.3, 0.4) is 0 Å². The highest BCUT2D eigenvalue weighted by Gasteiger charge is 2.27. The fourth-order valence-electron chi connectivity index (χ4n) is 10.7. The van der Waals surface area contributed by atoms with Gasteiger partial charge in [-0.15, -0.1) is 5.46 Å². The van der Waals surface area contributed by atoms with Crippen molar-refractivity contribution in [1.29, 1.82) is 0 Å². The first kappa shape index (κ1) is 38.9. The van der Waals surface area contributed by atoms with Gasteiger partial charge in [-0.05, 0) is 75.2 Å². The van der Waals surface area contributed by atoms with E-state index in [0.29, 0.717) is 0 Å². The van der Waals surface area contributed by atoms with Crippen LogP contribution in [0.2, 0.25) is 0 Å². The van der Waals surface area contributed by atoms with E-state index in [1.807, 2.05) is 0 Å². The van der Waals surface area contributed by atoms with Crippen molar-refractivity contribution in [1.82, 2.24) is 9.13 Å². The van der Waals surface area contributed by atoms with Crippen molar-refractivity contribution in [2.75, 3.05) is 0 Å². The minimum Gasteiger partial charge on any atom is -0.310 e. The van der Waals surface area contributed by atoms with Gasteiger partial charge in [0.1, 0.15) is 54.9 Å². The summed E-state index contributed by atoms with van der Waals surface area (Å²) in [5.74, 6) is 0. The molecule has 0 atom stereocenters. The van der Waals surface area contributed by atoms with E-state index in [4.69, 9.17) is 0 Å². The van der Waals surface area contributed by atoms with Crippen molar-refractivity contribution in [3.8, 4) is 55.9 Å². The molecule has 0 aliphatic heterocycles. The summed E-state index contributed by atoms with van der Waals surface area (Å²) in [5.41, 5.74) is 26.6.